The van der Waals surface area contributed by atoms with E-state index in [1.165, 1.54) is 0 Å². The molecule has 0 spiro atoms. The average molecular weight is 220 g/mol. The zero-order valence-electron chi connectivity index (χ0n) is 9.02. The van der Waals surface area contributed by atoms with Gasteiger partial charge in [-0.1, -0.05) is 20.8 Å². The molecule has 0 aromatic carbocycles. The van der Waals surface area contributed by atoms with Crippen molar-refractivity contribution < 1.29 is 29.9 Å². The lowest BCUT2D eigenvalue weighted by Gasteiger charge is -2.24. The molecule has 1 atom stereocenters. The quantitative estimate of drug-likeness (QED) is 0.538. The van der Waals surface area contributed by atoms with Crippen molar-refractivity contribution in [3.05, 3.63) is 0 Å². The van der Waals surface area contributed by atoms with Crippen LogP contribution in [0.5, 0.6) is 0 Å². The van der Waals surface area contributed by atoms with Gasteiger partial charge in [-0.2, -0.15) is 10.5 Å². The maximum Gasteiger partial charge on any atom is 0.344 e. The molecule has 0 rings (SSSR count). The molecule has 6 heteroatoms. The maximum absolute atomic E-state index is 10.9. The Morgan fingerprint density at radius 2 is 1.80 bits per heavy atom. The molecular weight excluding hydrogens is 204 g/mol. The van der Waals surface area contributed by atoms with Crippen LogP contribution in [0.25, 0.3) is 0 Å². The summed E-state index contributed by atoms with van der Waals surface area (Å²) in [4.78, 5) is 28.9. The Hall–Kier alpha value is -1.14. The molecule has 0 amide bonds. The lowest BCUT2D eigenvalue weighted by atomic mass is 9.81. The van der Waals surface area contributed by atoms with Crippen LogP contribution < -0.4 is 0 Å². The topological polar surface area (TPSA) is 93.1 Å². The molecular formula is C9H16O6. The highest BCUT2D eigenvalue weighted by Gasteiger charge is 2.29. The van der Waals surface area contributed by atoms with Gasteiger partial charge < -0.3 is 9.78 Å². The summed E-state index contributed by atoms with van der Waals surface area (Å²) in [6, 6.07) is 0. The molecule has 0 saturated carbocycles. The number of rotatable bonds is 5. The molecule has 0 heterocycles. The highest BCUT2D eigenvalue weighted by molar-refractivity contribution is 5.72. The second kappa shape index (κ2) is 5.67. The highest BCUT2D eigenvalue weighted by atomic mass is 17.1. The molecule has 0 fully saturated rings. The first-order chi connectivity index (χ1) is 6.82. The largest absolute Gasteiger partial charge is 0.344 e. The van der Waals surface area contributed by atoms with E-state index < -0.39 is 23.3 Å². The highest BCUT2D eigenvalue weighted by Crippen LogP contribution is 2.29. The van der Waals surface area contributed by atoms with E-state index in [-0.39, 0.29) is 6.42 Å². The number of hydrogen-bond donors (Lipinski definition) is 2. The molecule has 0 aliphatic rings. The Morgan fingerprint density at radius 3 is 2.20 bits per heavy atom. The average Bonchev–Trinajstić information content (AvgIpc) is 2.14. The summed E-state index contributed by atoms with van der Waals surface area (Å²) < 4.78 is 0. The van der Waals surface area contributed by atoms with Crippen molar-refractivity contribution in [1.82, 2.24) is 0 Å². The lowest BCUT2D eigenvalue weighted by Crippen LogP contribution is -2.25. The van der Waals surface area contributed by atoms with Crippen LogP contribution in [0, 0.1) is 11.3 Å². The summed E-state index contributed by atoms with van der Waals surface area (Å²) in [6.07, 6.45) is 0.314. The molecule has 0 bridgehead atoms. The normalized spacial score (nSPS) is 13.1. The van der Waals surface area contributed by atoms with Crippen molar-refractivity contribution in [3.63, 3.8) is 0 Å². The van der Waals surface area contributed by atoms with E-state index in [1.54, 1.807) is 20.8 Å². The summed E-state index contributed by atoms with van der Waals surface area (Å²) >= 11 is 0. The molecule has 0 aliphatic carbocycles. The minimum absolute atomic E-state index is 0.0213. The minimum atomic E-state index is -0.760. The zero-order valence-corrected chi connectivity index (χ0v) is 9.02. The summed E-state index contributed by atoms with van der Waals surface area (Å²) in [5.74, 6) is -2.04. The van der Waals surface area contributed by atoms with Crippen molar-refractivity contribution in [3.8, 4) is 0 Å². The Kier molecular flexibility index (Phi) is 5.24. The van der Waals surface area contributed by atoms with Crippen LogP contribution >= 0.6 is 0 Å². The first kappa shape index (κ1) is 13.9. The first-order valence-electron chi connectivity index (χ1n) is 4.52. The van der Waals surface area contributed by atoms with Gasteiger partial charge in [0.25, 0.3) is 0 Å². The van der Waals surface area contributed by atoms with Crippen LogP contribution in [0.4, 0.5) is 0 Å². The van der Waals surface area contributed by atoms with Gasteiger partial charge >= 0.3 is 11.9 Å². The van der Waals surface area contributed by atoms with Crippen LogP contribution in [0.1, 0.15) is 33.6 Å². The fourth-order valence-corrected chi connectivity index (χ4v) is 1.50. The lowest BCUT2D eigenvalue weighted by molar-refractivity contribution is -0.240. The molecule has 88 valence electrons. The second-order valence-electron chi connectivity index (χ2n) is 4.32. The summed E-state index contributed by atoms with van der Waals surface area (Å²) in [7, 11) is 0. The number of carbonyl (C=O) groups excluding carboxylic acids is 2. The number of hydrogen-bond acceptors (Lipinski definition) is 6. The van der Waals surface area contributed by atoms with E-state index >= 15 is 0 Å². The molecule has 6 nitrogen and oxygen atoms in total. The summed E-state index contributed by atoms with van der Waals surface area (Å²) in [5, 5.41) is 16.3. The first-order valence-corrected chi connectivity index (χ1v) is 4.52. The van der Waals surface area contributed by atoms with Crippen molar-refractivity contribution in [2.45, 2.75) is 33.6 Å². The fourth-order valence-electron chi connectivity index (χ4n) is 1.50. The van der Waals surface area contributed by atoms with Crippen LogP contribution in [-0.2, 0) is 19.4 Å². The van der Waals surface area contributed by atoms with Crippen molar-refractivity contribution in [2.75, 3.05) is 0 Å². The van der Waals surface area contributed by atoms with E-state index in [9.17, 15) is 9.59 Å². The van der Waals surface area contributed by atoms with Crippen LogP contribution in [0.15, 0.2) is 0 Å². The van der Waals surface area contributed by atoms with Crippen LogP contribution in [-0.4, -0.2) is 22.5 Å². The number of carbonyl (C=O) groups is 2. The second-order valence-corrected chi connectivity index (χ2v) is 4.32. The van der Waals surface area contributed by atoms with Gasteiger partial charge in [-0.15, -0.1) is 0 Å². The zero-order chi connectivity index (χ0) is 12.1. The molecule has 1 unspecified atom stereocenters. The van der Waals surface area contributed by atoms with Crippen molar-refractivity contribution in [1.29, 1.82) is 0 Å². The molecule has 2 N–H and O–H groups in total. The van der Waals surface area contributed by atoms with E-state index in [0.29, 0.717) is 6.42 Å². The summed E-state index contributed by atoms with van der Waals surface area (Å²) in [5.41, 5.74) is -0.520. The molecule has 0 aromatic heterocycles. The third-order valence-electron chi connectivity index (χ3n) is 2.08. The van der Waals surface area contributed by atoms with Gasteiger partial charge in [0.05, 0.1) is 12.3 Å². The third kappa shape index (κ3) is 5.34. The van der Waals surface area contributed by atoms with Gasteiger partial charge in [0.2, 0.25) is 0 Å². The van der Waals surface area contributed by atoms with Gasteiger partial charge in [-0.05, 0) is 11.8 Å². The van der Waals surface area contributed by atoms with Crippen molar-refractivity contribution in [2.24, 2.45) is 11.3 Å². The van der Waals surface area contributed by atoms with Gasteiger partial charge in [0.15, 0.2) is 0 Å². The minimum Gasteiger partial charge on any atom is -0.301 e. The smallest absolute Gasteiger partial charge is 0.301 e. The summed E-state index contributed by atoms with van der Waals surface area (Å²) in [6.45, 7) is 5.06. The molecule has 0 saturated heterocycles. The van der Waals surface area contributed by atoms with Gasteiger partial charge in [-0.25, -0.2) is 9.59 Å². The Balaban J connectivity index is 4.24. The van der Waals surface area contributed by atoms with E-state index in [2.05, 4.69) is 9.78 Å². The maximum atomic E-state index is 10.9. The predicted octanol–water partition coefficient (Wildman–Crippen LogP) is 1.46. The standard InChI is InChI=1S/C9H16O6/c1-6(8(11)15-13)4-9(2,3)5-7(10)14-12/h6,12-13H,4-5H2,1-3H3. The molecule has 15 heavy (non-hydrogen) atoms. The Bertz CT molecular complexity index is 235. The SMILES string of the molecule is CC(CC(C)(C)CC(=O)OO)C(=O)OO. The third-order valence-corrected chi connectivity index (χ3v) is 2.08. The van der Waals surface area contributed by atoms with Crippen LogP contribution in [0.2, 0.25) is 0 Å². The van der Waals surface area contributed by atoms with Crippen molar-refractivity contribution >= 4 is 11.9 Å². The van der Waals surface area contributed by atoms with Gasteiger partial charge in [0.1, 0.15) is 0 Å². The van der Waals surface area contributed by atoms with Crippen LogP contribution in [0.3, 0.4) is 0 Å². The predicted molar refractivity (Wildman–Crippen MR) is 49.6 cm³/mol. The Morgan fingerprint density at radius 1 is 1.27 bits per heavy atom. The van der Waals surface area contributed by atoms with Gasteiger partial charge in [-0.3, -0.25) is 0 Å². The Labute approximate surface area is 87.7 Å². The van der Waals surface area contributed by atoms with E-state index in [1.807, 2.05) is 0 Å². The van der Waals surface area contributed by atoms with E-state index in [4.69, 9.17) is 10.5 Å². The fraction of sp³-hybridized carbons (Fsp3) is 0.778. The van der Waals surface area contributed by atoms with E-state index in [0.717, 1.165) is 0 Å². The molecule has 0 radical (unpaired) electrons. The molecule has 0 aromatic rings. The monoisotopic (exact) mass is 220 g/mol. The van der Waals surface area contributed by atoms with Gasteiger partial charge in [0, 0.05) is 0 Å². The molecule has 0 aliphatic heterocycles.